The molecular formula is C76H106N18O14S. The highest BCUT2D eigenvalue weighted by Crippen LogP contribution is 2.21. The summed E-state index contributed by atoms with van der Waals surface area (Å²) in [5.74, 6) is -11.5. The molecule has 6 aromatic rings. The second-order valence-electron chi connectivity index (χ2n) is 26.7. The highest BCUT2D eigenvalue weighted by molar-refractivity contribution is 7.80. The molecule has 6 rings (SSSR count). The Bertz CT molecular complexity index is 3880. The van der Waals surface area contributed by atoms with Crippen LogP contribution in [-0.4, -0.2) is 195 Å². The first-order valence-electron chi connectivity index (χ1n) is 36.8. The molecule has 11 atom stereocenters. The third-order valence-corrected chi connectivity index (χ3v) is 18.6. The molecule has 0 bridgehead atoms. The number of nitrogens with one attached hydrogen (secondary N) is 12. The first-order valence-corrected chi connectivity index (χ1v) is 37.5. The van der Waals surface area contributed by atoms with Gasteiger partial charge < -0.3 is 102 Å². The zero-order chi connectivity index (χ0) is 79.0. The summed E-state index contributed by atoms with van der Waals surface area (Å²) in [5, 5.41) is 47.6. The Morgan fingerprint density at radius 2 is 0.706 bits per heavy atom. The van der Waals surface area contributed by atoms with E-state index in [0.717, 1.165) is 0 Å². The summed E-state index contributed by atoms with van der Waals surface area (Å²) in [6, 6.07) is 17.5. The number of carboxylic acids is 2. The highest BCUT2D eigenvalue weighted by Gasteiger charge is 2.37. The van der Waals surface area contributed by atoms with Gasteiger partial charge in [-0.2, -0.15) is 12.6 Å². The summed E-state index contributed by atoms with van der Waals surface area (Å²) in [7, 11) is 0. The number of nitrogens with two attached hydrogens (primary N) is 5. The summed E-state index contributed by atoms with van der Waals surface area (Å²) < 4.78 is 0. The minimum Gasteiger partial charge on any atom is -0.481 e. The van der Waals surface area contributed by atoms with Crippen molar-refractivity contribution in [1.82, 2.24) is 68.1 Å². The lowest BCUT2D eigenvalue weighted by Gasteiger charge is -2.28. The van der Waals surface area contributed by atoms with E-state index in [-0.39, 0.29) is 88.9 Å². The van der Waals surface area contributed by atoms with Gasteiger partial charge >= 0.3 is 11.9 Å². The summed E-state index contributed by atoms with van der Waals surface area (Å²) >= 11 is 4.07. The molecule has 32 nitrogen and oxygen atoms in total. The average molecular weight is 1530 g/mol. The van der Waals surface area contributed by atoms with Gasteiger partial charge in [0, 0.05) is 67.6 Å². The second-order valence-corrected chi connectivity index (χ2v) is 27.1. The van der Waals surface area contributed by atoms with E-state index in [4.69, 9.17) is 28.7 Å². The third kappa shape index (κ3) is 30.2. The molecule has 33 heteroatoms. The second kappa shape index (κ2) is 47.3. The molecule has 0 aliphatic carbocycles. The number of amides is 10. The van der Waals surface area contributed by atoms with Gasteiger partial charge in [-0.3, -0.25) is 52.7 Å². The van der Waals surface area contributed by atoms with Gasteiger partial charge in [0.25, 0.3) is 0 Å². The number of carboxylic acid groups (broad SMARTS) is 2. The van der Waals surface area contributed by atoms with Crippen molar-refractivity contribution in [3.63, 3.8) is 0 Å². The summed E-state index contributed by atoms with van der Waals surface area (Å²) in [5.41, 5.74) is 32.8. The quantitative estimate of drug-likeness (QED) is 0.0176. The van der Waals surface area contributed by atoms with Crippen molar-refractivity contribution in [3.05, 3.63) is 162 Å². The van der Waals surface area contributed by atoms with Crippen LogP contribution in [0.5, 0.6) is 0 Å². The molecule has 0 fully saturated rings. The molecule has 0 aliphatic rings. The number of carbonyl (C=O) groups excluding carboxylic acids is 10. The summed E-state index contributed by atoms with van der Waals surface area (Å²) in [6.45, 7) is 1.09. The van der Waals surface area contributed by atoms with Gasteiger partial charge in [-0.15, -0.1) is 0 Å². The number of thiol groups is 1. The summed E-state index contributed by atoms with van der Waals surface area (Å²) in [6.07, 6.45) is 6.07. The number of para-hydroxylation sites is 1. The Kier molecular flexibility index (Phi) is 37.9. The number of aliphatic carboxylic acids is 2. The third-order valence-electron chi connectivity index (χ3n) is 18.2. The predicted octanol–water partition coefficient (Wildman–Crippen LogP) is -0.0252. The first kappa shape index (κ1) is 87.3. The number of aromatic nitrogens is 3. The van der Waals surface area contributed by atoms with Crippen molar-refractivity contribution in [1.29, 1.82) is 0 Å². The van der Waals surface area contributed by atoms with Crippen LogP contribution in [0.25, 0.3) is 10.9 Å². The van der Waals surface area contributed by atoms with Crippen LogP contribution >= 0.6 is 12.6 Å². The van der Waals surface area contributed by atoms with Gasteiger partial charge in [-0.1, -0.05) is 116 Å². The Hall–Kier alpha value is -10.6. The Balaban J connectivity index is 1.29. The number of benzene rings is 4. The van der Waals surface area contributed by atoms with Crippen LogP contribution in [0.1, 0.15) is 118 Å². The van der Waals surface area contributed by atoms with Gasteiger partial charge in [0.2, 0.25) is 59.1 Å². The van der Waals surface area contributed by atoms with E-state index in [0.29, 0.717) is 91.1 Å². The molecule has 109 heavy (non-hydrogen) atoms. The predicted molar refractivity (Wildman–Crippen MR) is 412 cm³/mol. The lowest BCUT2D eigenvalue weighted by atomic mass is 10.0. The largest absolute Gasteiger partial charge is 0.481 e. The molecule has 2 heterocycles. The van der Waals surface area contributed by atoms with Crippen LogP contribution < -0.4 is 81.8 Å². The van der Waals surface area contributed by atoms with E-state index in [1.807, 2.05) is 6.07 Å². The number of carbonyl (C=O) groups is 12. The fraction of sp³-hybridized carbons (Fsp3) is 0.461. The molecule has 10 amide bonds. The molecule has 2 aromatic heterocycles. The van der Waals surface area contributed by atoms with Crippen molar-refractivity contribution >= 4 is 94.5 Å². The maximum atomic E-state index is 15.2. The molecule has 590 valence electrons. The maximum absolute atomic E-state index is 15.2. The molecule has 24 N–H and O–H groups in total. The fourth-order valence-corrected chi connectivity index (χ4v) is 12.4. The van der Waals surface area contributed by atoms with Crippen LogP contribution in [0.2, 0.25) is 0 Å². The molecule has 0 aliphatic heterocycles. The van der Waals surface area contributed by atoms with E-state index < -0.39 is 150 Å². The minimum atomic E-state index is -1.71. The lowest BCUT2D eigenvalue weighted by Crippen LogP contribution is -2.61. The van der Waals surface area contributed by atoms with Gasteiger partial charge in [0.1, 0.15) is 60.4 Å². The summed E-state index contributed by atoms with van der Waals surface area (Å²) in [4.78, 5) is 181. The SMILES string of the molecule is NCCCC[C@H](NC(=O)[C@H](Cc1c[nH]c2ccccc12)NC(=O)[C@H](CCCCN)NC(=O)[C@H](Cc1c[nH]cn1)NC(=O)[C@H](Cc1ccccc1)NC(=O)[C@H](CCC(=O)O)NC(=O)[C@H](Cc1ccccc1)NC(=O)[C@H](CCCCN)NC(=O)[C@H](Cc1ccccc1)NC(=O)[C@@H](N)CCCCN)C(=O)N[C@@H](CS)C(=O)O. The number of H-pyrrole nitrogens is 2. The van der Waals surface area contributed by atoms with Crippen molar-refractivity contribution in [3.8, 4) is 0 Å². The number of rotatable bonds is 51. The molecule has 0 saturated heterocycles. The van der Waals surface area contributed by atoms with Gasteiger partial charge in [-0.05, 0) is 132 Å². The molecular weight excluding hydrogens is 1420 g/mol. The molecule has 4 aromatic carbocycles. The average Bonchev–Trinajstić information content (AvgIpc) is 1.77. The van der Waals surface area contributed by atoms with E-state index in [1.165, 1.54) is 12.5 Å². The number of imidazole rings is 1. The van der Waals surface area contributed by atoms with Crippen LogP contribution in [0.3, 0.4) is 0 Å². The van der Waals surface area contributed by atoms with E-state index in [1.54, 1.807) is 115 Å². The Morgan fingerprint density at radius 3 is 1.07 bits per heavy atom. The van der Waals surface area contributed by atoms with Crippen molar-refractivity contribution in [2.24, 2.45) is 28.7 Å². The molecule has 0 saturated carbocycles. The van der Waals surface area contributed by atoms with Crippen molar-refractivity contribution in [2.45, 2.75) is 188 Å². The normalized spacial score (nSPS) is 14.2. The maximum Gasteiger partial charge on any atom is 0.327 e. The zero-order valence-corrected chi connectivity index (χ0v) is 62.0. The minimum absolute atomic E-state index is 0.0120. The number of fused-ring (bicyclic) bond motifs is 1. The number of unbranched alkanes of at least 4 members (excludes halogenated alkanes) is 4. The van der Waals surface area contributed by atoms with Crippen molar-refractivity contribution in [2.75, 3.05) is 31.9 Å². The van der Waals surface area contributed by atoms with Crippen LogP contribution in [0, 0.1) is 0 Å². The van der Waals surface area contributed by atoms with Crippen LogP contribution in [0.4, 0.5) is 0 Å². The van der Waals surface area contributed by atoms with Gasteiger partial charge in [0.15, 0.2) is 0 Å². The number of aromatic amines is 2. The lowest BCUT2D eigenvalue weighted by molar-refractivity contribution is -0.141. The fourth-order valence-electron chi connectivity index (χ4n) is 12.1. The topological polar surface area (TPSA) is 540 Å². The van der Waals surface area contributed by atoms with Crippen molar-refractivity contribution < 1.29 is 67.7 Å². The molecule has 0 unspecified atom stereocenters. The number of hydrogen-bond donors (Lipinski definition) is 20. The monoisotopic (exact) mass is 1530 g/mol. The first-order chi connectivity index (χ1) is 52.5. The van der Waals surface area contributed by atoms with Gasteiger partial charge in [0.05, 0.1) is 18.1 Å². The van der Waals surface area contributed by atoms with E-state index in [9.17, 15) is 58.2 Å². The molecule has 0 radical (unpaired) electrons. The highest BCUT2D eigenvalue weighted by atomic mass is 32.1. The number of nitrogens with zero attached hydrogens (tertiary/aromatic N) is 1. The van der Waals surface area contributed by atoms with Crippen LogP contribution in [-0.2, 0) is 89.6 Å². The number of hydrogen-bond acceptors (Lipinski definition) is 19. The van der Waals surface area contributed by atoms with Gasteiger partial charge in [-0.25, -0.2) is 9.78 Å². The van der Waals surface area contributed by atoms with E-state index >= 15 is 9.59 Å². The smallest absolute Gasteiger partial charge is 0.327 e. The molecule has 0 spiro atoms. The Labute approximate surface area is 638 Å². The van der Waals surface area contributed by atoms with Crippen LogP contribution in [0.15, 0.2) is 134 Å². The Morgan fingerprint density at radius 1 is 0.376 bits per heavy atom. The van der Waals surface area contributed by atoms with E-state index in [2.05, 4.69) is 80.7 Å². The standard InChI is InChI=1S/C76H106N18O14S/c77-34-16-12-27-53(81)66(97)89-59(38-47-20-4-1-5-21-47)71(102)85-55(29-13-17-35-78)67(98)90-60(39-48-22-6-2-7-23-48)72(103)88-58(32-33-65(95)96)70(101)91-61(40-49-24-8-3-9-25-49)73(104)93-63(42-51-44-82-46-84-51)75(106)87-56(30-14-18-36-79)68(99)92-62(41-50-43-83-54-28-11-10-26-52(50)54)74(105)86-57(31-15-19-37-80)69(100)94-64(45-109)76(107)108/h1-11,20-26,28,43-44,46,53,55-64,83,109H,12-19,27,29-42,45,77-81H2,(H,82,84)(H,85,102)(H,86,105)(H,87,106)(H,88,103)(H,89,97)(H,90,98)(H,91,101)(H,92,99)(H,93,104)(H,94,100)(H,95,96)(H,107,108)/t53-,55-,56-,57-,58-,59-,60-,61-,62-,63-,64-/m0/s1. The zero-order valence-electron chi connectivity index (χ0n) is 61.1.